The predicted octanol–water partition coefficient (Wildman–Crippen LogP) is 2.58. The molecule has 1 aromatic rings. The molecule has 0 amide bonds. The highest BCUT2D eigenvalue weighted by molar-refractivity contribution is 5.47. The summed E-state index contributed by atoms with van der Waals surface area (Å²) in [4.78, 5) is 0. The van der Waals surface area contributed by atoms with Gasteiger partial charge in [-0.1, -0.05) is 0 Å². The molecule has 2 nitrogen and oxygen atoms in total. The van der Waals surface area contributed by atoms with Crippen LogP contribution in [0, 0.1) is 37.5 Å². The molecule has 0 bridgehead atoms. The summed E-state index contributed by atoms with van der Waals surface area (Å²) in [7, 11) is 0. The van der Waals surface area contributed by atoms with Crippen LogP contribution < -0.4 is 4.74 Å². The van der Waals surface area contributed by atoms with Crippen LogP contribution in [0.3, 0.4) is 0 Å². The first kappa shape index (κ1) is 11.1. The minimum absolute atomic E-state index is 0.518. The Morgan fingerprint density at radius 2 is 1.93 bits per heavy atom. The third kappa shape index (κ3) is 2.76. The molecule has 0 N–H and O–H groups in total. The fourth-order valence-corrected chi connectivity index (χ4v) is 1.45. The minimum Gasteiger partial charge on any atom is -0.492 e. The average Bonchev–Trinajstić information content (AvgIpc) is 2.22. The highest BCUT2D eigenvalue weighted by Gasteiger charge is 2.05. The zero-order valence-electron chi connectivity index (χ0n) is 9.00. The molecule has 76 valence electrons. The van der Waals surface area contributed by atoms with E-state index in [-0.39, 0.29) is 0 Å². The van der Waals surface area contributed by atoms with Gasteiger partial charge in [0.1, 0.15) is 5.75 Å². The standard InChI is InChI=1S/C13H13NO/c1-4-5-6-15-13-10(2)7-12(9-14)8-11(13)3/h1,7-8H,5-6H2,2-3H3. The van der Waals surface area contributed by atoms with Gasteiger partial charge in [-0.15, -0.1) is 12.3 Å². The predicted molar refractivity (Wildman–Crippen MR) is 59.6 cm³/mol. The molecule has 1 rings (SSSR count). The van der Waals surface area contributed by atoms with Gasteiger partial charge in [0, 0.05) is 6.42 Å². The number of aryl methyl sites for hydroxylation is 2. The molecule has 0 fully saturated rings. The molecule has 0 aliphatic carbocycles. The van der Waals surface area contributed by atoms with E-state index in [1.54, 1.807) is 0 Å². The third-order valence-electron chi connectivity index (χ3n) is 2.08. The van der Waals surface area contributed by atoms with E-state index in [0.29, 0.717) is 18.6 Å². The topological polar surface area (TPSA) is 33.0 Å². The molecule has 0 atom stereocenters. The summed E-state index contributed by atoms with van der Waals surface area (Å²) in [6.45, 7) is 4.38. The Bertz CT molecular complexity index is 412. The monoisotopic (exact) mass is 199 g/mol. The third-order valence-corrected chi connectivity index (χ3v) is 2.08. The van der Waals surface area contributed by atoms with Crippen LogP contribution in [0.25, 0.3) is 0 Å². The molecule has 0 aliphatic rings. The zero-order chi connectivity index (χ0) is 11.3. The lowest BCUT2D eigenvalue weighted by Crippen LogP contribution is -2.00. The Labute approximate surface area is 90.5 Å². The molecule has 0 saturated heterocycles. The lowest BCUT2D eigenvalue weighted by Gasteiger charge is -2.11. The van der Waals surface area contributed by atoms with Crippen LogP contribution in [0.15, 0.2) is 12.1 Å². The van der Waals surface area contributed by atoms with Crippen molar-refractivity contribution in [2.45, 2.75) is 20.3 Å². The molecular formula is C13H13NO. The van der Waals surface area contributed by atoms with E-state index in [0.717, 1.165) is 16.9 Å². The lowest BCUT2D eigenvalue weighted by atomic mass is 10.1. The van der Waals surface area contributed by atoms with E-state index in [4.69, 9.17) is 16.4 Å². The van der Waals surface area contributed by atoms with Crippen molar-refractivity contribution < 1.29 is 4.74 Å². The normalized spacial score (nSPS) is 9.07. The van der Waals surface area contributed by atoms with Crippen LogP contribution in [0.5, 0.6) is 5.75 Å². The largest absolute Gasteiger partial charge is 0.492 e. The average molecular weight is 199 g/mol. The van der Waals surface area contributed by atoms with Gasteiger partial charge in [-0.2, -0.15) is 5.26 Å². The van der Waals surface area contributed by atoms with Gasteiger partial charge < -0.3 is 4.74 Å². The Balaban J connectivity index is 2.90. The van der Waals surface area contributed by atoms with E-state index in [1.807, 2.05) is 26.0 Å². The number of nitrogens with zero attached hydrogens (tertiary/aromatic N) is 1. The van der Waals surface area contributed by atoms with Crippen LogP contribution in [-0.2, 0) is 0 Å². The van der Waals surface area contributed by atoms with Crippen LogP contribution >= 0.6 is 0 Å². The first-order valence-corrected chi connectivity index (χ1v) is 4.76. The van der Waals surface area contributed by atoms with E-state index in [9.17, 15) is 0 Å². The van der Waals surface area contributed by atoms with Gasteiger partial charge in [0.05, 0.1) is 18.2 Å². The second kappa shape index (κ2) is 5.08. The van der Waals surface area contributed by atoms with Crippen molar-refractivity contribution in [3.8, 4) is 24.2 Å². The Morgan fingerprint density at radius 3 is 2.40 bits per heavy atom. The Kier molecular flexibility index (Phi) is 3.77. The van der Waals surface area contributed by atoms with Crippen molar-refractivity contribution in [3.63, 3.8) is 0 Å². The quantitative estimate of drug-likeness (QED) is 0.553. The van der Waals surface area contributed by atoms with Crippen molar-refractivity contribution in [3.05, 3.63) is 28.8 Å². The highest BCUT2D eigenvalue weighted by Crippen LogP contribution is 2.24. The summed E-state index contributed by atoms with van der Waals surface area (Å²) in [5.41, 5.74) is 2.61. The van der Waals surface area contributed by atoms with Gasteiger partial charge in [-0.05, 0) is 37.1 Å². The molecule has 0 radical (unpaired) electrons. The molecule has 0 aromatic heterocycles. The molecule has 2 heteroatoms. The summed E-state index contributed by atoms with van der Waals surface area (Å²) >= 11 is 0. The van der Waals surface area contributed by atoms with Gasteiger partial charge >= 0.3 is 0 Å². The fraction of sp³-hybridized carbons (Fsp3) is 0.308. The number of ether oxygens (including phenoxy) is 1. The van der Waals surface area contributed by atoms with Gasteiger partial charge in [0.15, 0.2) is 0 Å². The molecule has 1 aromatic carbocycles. The van der Waals surface area contributed by atoms with Gasteiger partial charge in [-0.25, -0.2) is 0 Å². The maximum atomic E-state index is 8.77. The van der Waals surface area contributed by atoms with Crippen LogP contribution in [0.1, 0.15) is 23.1 Å². The fourth-order valence-electron chi connectivity index (χ4n) is 1.45. The second-order valence-electron chi connectivity index (χ2n) is 3.35. The smallest absolute Gasteiger partial charge is 0.125 e. The lowest BCUT2D eigenvalue weighted by molar-refractivity contribution is 0.323. The van der Waals surface area contributed by atoms with Crippen molar-refractivity contribution in [1.29, 1.82) is 5.26 Å². The highest BCUT2D eigenvalue weighted by atomic mass is 16.5. The number of benzene rings is 1. The molecule has 0 saturated carbocycles. The van der Waals surface area contributed by atoms with Gasteiger partial charge in [0.2, 0.25) is 0 Å². The van der Waals surface area contributed by atoms with Crippen molar-refractivity contribution in [1.82, 2.24) is 0 Å². The molecule has 0 spiro atoms. The maximum absolute atomic E-state index is 8.77. The van der Waals surface area contributed by atoms with Crippen LogP contribution in [-0.4, -0.2) is 6.61 Å². The first-order chi connectivity index (χ1) is 7.19. The SMILES string of the molecule is C#CCCOc1c(C)cc(C#N)cc1C. The number of terminal acetylenes is 1. The number of nitriles is 1. The van der Waals surface area contributed by atoms with E-state index >= 15 is 0 Å². The van der Waals surface area contributed by atoms with Crippen LogP contribution in [0.2, 0.25) is 0 Å². The summed E-state index contributed by atoms with van der Waals surface area (Å²) in [6, 6.07) is 5.75. The molecule has 0 heterocycles. The van der Waals surface area contributed by atoms with E-state index in [1.165, 1.54) is 0 Å². The molecule has 0 aliphatic heterocycles. The summed E-state index contributed by atoms with van der Waals surface area (Å²) in [6.07, 6.45) is 5.74. The summed E-state index contributed by atoms with van der Waals surface area (Å²) < 4.78 is 5.56. The molecular weight excluding hydrogens is 186 g/mol. The van der Waals surface area contributed by atoms with Gasteiger partial charge in [-0.3, -0.25) is 0 Å². The van der Waals surface area contributed by atoms with E-state index < -0.39 is 0 Å². The summed E-state index contributed by atoms with van der Waals surface area (Å²) in [5, 5.41) is 8.77. The Hall–Kier alpha value is -1.93. The van der Waals surface area contributed by atoms with Crippen molar-refractivity contribution in [2.75, 3.05) is 6.61 Å². The van der Waals surface area contributed by atoms with Crippen LogP contribution in [0.4, 0.5) is 0 Å². The molecule has 0 unspecified atom stereocenters. The number of hydrogen-bond acceptors (Lipinski definition) is 2. The summed E-state index contributed by atoms with van der Waals surface area (Å²) in [5.74, 6) is 3.36. The first-order valence-electron chi connectivity index (χ1n) is 4.76. The Morgan fingerprint density at radius 1 is 1.33 bits per heavy atom. The molecule has 15 heavy (non-hydrogen) atoms. The number of rotatable bonds is 3. The van der Waals surface area contributed by atoms with Crippen molar-refractivity contribution in [2.24, 2.45) is 0 Å². The van der Waals surface area contributed by atoms with Gasteiger partial charge in [0.25, 0.3) is 0 Å². The zero-order valence-corrected chi connectivity index (χ0v) is 9.00. The van der Waals surface area contributed by atoms with E-state index in [2.05, 4.69) is 12.0 Å². The van der Waals surface area contributed by atoms with Crippen molar-refractivity contribution >= 4 is 0 Å². The second-order valence-corrected chi connectivity index (χ2v) is 3.35. The maximum Gasteiger partial charge on any atom is 0.125 e. The number of hydrogen-bond donors (Lipinski definition) is 0. The minimum atomic E-state index is 0.518.